The van der Waals surface area contributed by atoms with Gasteiger partial charge in [0.15, 0.2) is 5.82 Å². The molecule has 0 unspecified atom stereocenters. The van der Waals surface area contributed by atoms with Gasteiger partial charge < -0.3 is 19.7 Å². The second kappa shape index (κ2) is 11.1. The van der Waals surface area contributed by atoms with Crippen LogP contribution in [0, 0.1) is 12.7 Å². The molecule has 3 aromatic heterocycles. The van der Waals surface area contributed by atoms with Crippen molar-refractivity contribution in [2.75, 3.05) is 32.6 Å². The number of fused-ring (bicyclic) bond motifs is 1. The lowest BCUT2D eigenvalue weighted by atomic mass is 9.96. The van der Waals surface area contributed by atoms with Crippen LogP contribution in [0.1, 0.15) is 49.4 Å². The van der Waals surface area contributed by atoms with Gasteiger partial charge in [-0.3, -0.25) is 4.79 Å². The molecule has 1 aliphatic rings. The van der Waals surface area contributed by atoms with Crippen molar-refractivity contribution in [3.05, 3.63) is 41.0 Å². The molecule has 10 nitrogen and oxygen atoms in total. The molecule has 0 bridgehead atoms. The number of hydrogen-bond acceptors (Lipinski definition) is 8. The minimum atomic E-state index is -0.662. The third kappa shape index (κ3) is 5.50. The van der Waals surface area contributed by atoms with Gasteiger partial charge in [0.2, 0.25) is 11.8 Å². The fraction of sp³-hybridized carbons (Fsp3) is 0.500. The Balaban J connectivity index is 1.50. The zero-order chi connectivity index (χ0) is 26.7. The van der Waals surface area contributed by atoms with Crippen LogP contribution in [0.2, 0.25) is 0 Å². The molecule has 4 heterocycles. The molecule has 1 amide bonds. The molecular weight excluding hydrogens is 477 g/mol. The zero-order valence-electron chi connectivity index (χ0n) is 22.2. The number of nitrogens with one attached hydrogen (secondary N) is 1. The van der Waals surface area contributed by atoms with E-state index in [4.69, 9.17) is 14.5 Å². The maximum Gasteiger partial charge on any atom is 0.314 e. The van der Waals surface area contributed by atoms with Crippen molar-refractivity contribution in [1.82, 2.24) is 29.6 Å². The van der Waals surface area contributed by atoms with Gasteiger partial charge in [-0.1, -0.05) is 6.92 Å². The smallest absolute Gasteiger partial charge is 0.314 e. The van der Waals surface area contributed by atoms with Gasteiger partial charge in [-0.25, -0.2) is 19.0 Å². The SMILES string of the molecule is CCCN(C[C@H]1CCc2cc(-c3nc(OC)n(C)n3)c(C)nc2N1)C(=O)[C@H](C)c1cc(OC)ncc1F. The topological polar surface area (TPSA) is 107 Å². The third-order valence-corrected chi connectivity index (χ3v) is 6.69. The number of hydrogen-bond donors (Lipinski definition) is 1. The van der Waals surface area contributed by atoms with Crippen molar-refractivity contribution in [1.29, 1.82) is 0 Å². The Morgan fingerprint density at radius 1 is 1.30 bits per heavy atom. The standard InChI is InChI=1S/C26H34FN7O3/c1-7-10-34(25(35)15(2)19-12-22(36-5)28-13-21(19)27)14-18-9-8-17-11-20(16(3)29-23(17)30-18)24-31-26(37-6)33(4)32-24/h11-13,15,18H,7-10,14H2,1-6H3,(H,29,30)/t15-,18-/m1/s1. The number of amides is 1. The van der Waals surface area contributed by atoms with E-state index in [1.807, 2.05) is 18.7 Å². The summed E-state index contributed by atoms with van der Waals surface area (Å²) in [4.78, 5) is 28.4. The Hall–Kier alpha value is -3.76. The third-order valence-electron chi connectivity index (χ3n) is 6.69. The van der Waals surface area contributed by atoms with E-state index >= 15 is 0 Å². The largest absolute Gasteiger partial charge is 0.481 e. The van der Waals surface area contributed by atoms with Gasteiger partial charge >= 0.3 is 6.01 Å². The molecule has 4 rings (SSSR count). The Morgan fingerprint density at radius 2 is 2.08 bits per heavy atom. The van der Waals surface area contributed by atoms with E-state index in [1.54, 1.807) is 25.8 Å². The Labute approximate surface area is 216 Å². The van der Waals surface area contributed by atoms with E-state index in [0.717, 1.165) is 48.1 Å². The maximum atomic E-state index is 14.5. The lowest BCUT2D eigenvalue weighted by Crippen LogP contribution is -2.44. The quantitative estimate of drug-likeness (QED) is 0.465. The van der Waals surface area contributed by atoms with Gasteiger partial charge in [0.25, 0.3) is 0 Å². The second-order valence-electron chi connectivity index (χ2n) is 9.31. The van der Waals surface area contributed by atoms with Crippen LogP contribution in [0.3, 0.4) is 0 Å². The van der Waals surface area contributed by atoms with Gasteiger partial charge in [0.1, 0.15) is 11.6 Å². The lowest BCUT2D eigenvalue weighted by molar-refractivity contribution is -0.132. The predicted molar refractivity (Wildman–Crippen MR) is 137 cm³/mol. The fourth-order valence-corrected chi connectivity index (χ4v) is 4.69. The molecule has 1 N–H and O–H groups in total. The number of rotatable bonds is 9. The second-order valence-corrected chi connectivity index (χ2v) is 9.31. The summed E-state index contributed by atoms with van der Waals surface area (Å²) in [5.74, 6) is 0.355. The summed E-state index contributed by atoms with van der Waals surface area (Å²) >= 11 is 0. The first-order chi connectivity index (χ1) is 17.7. The van der Waals surface area contributed by atoms with Crippen LogP contribution in [0.5, 0.6) is 11.9 Å². The van der Waals surface area contributed by atoms with Crippen molar-refractivity contribution in [2.45, 2.75) is 52.0 Å². The molecule has 11 heteroatoms. The minimum Gasteiger partial charge on any atom is -0.481 e. The number of carbonyl (C=O) groups is 1. The highest BCUT2D eigenvalue weighted by molar-refractivity contribution is 5.83. The van der Waals surface area contributed by atoms with Gasteiger partial charge in [-0.2, -0.15) is 4.98 Å². The normalized spacial score (nSPS) is 15.5. The van der Waals surface area contributed by atoms with E-state index in [0.29, 0.717) is 24.9 Å². The van der Waals surface area contributed by atoms with Crippen LogP contribution in [0.4, 0.5) is 10.2 Å². The molecule has 3 aromatic rings. The molecule has 0 spiro atoms. The van der Waals surface area contributed by atoms with Crippen LogP contribution in [0.15, 0.2) is 18.3 Å². The number of anilines is 1. The fourth-order valence-electron chi connectivity index (χ4n) is 4.69. The van der Waals surface area contributed by atoms with Crippen LogP contribution >= 0.6 is 0 Å². The first-order valence-electron chi connectivity index (χ1n) is 12.5. The number of halogens is 1. The molecule has 0 fully saturated rings. The van der Waals surface area contributed by atoms with E-state index in [2.05, 4.69) is 26.4 Å². The average molecular weight is 512 g/mol. The van der Waals surface area contributed by atoms with Crippen molar-refractivity contribution >= 4 is 11.7 Å². The Bertz CT molecular complexity index is 1280. The highest BCUT2D eigenvalue weighted by atomic mass is 19.1. The number of aromatic nitrogens is 5. The summed E-state index contributed by atoms with van der Waals surface area (Å²) < 4.78 is 26.5. The molecule has 2 atom stereocenters. The molecule has 0 aromatic carbocycles. The van der Waals surface area contributed by atoms with E-state index in [1.165, 1.54) is 13.2 Å². The minimum absolute atomic E-state index is 0.0258. The van der Waals surface area contributed by atoms with Crippen molar-refractivity contribution in [3.8, 4) is 23.3 Å². The van der Waals surface area contributed by atoms with Gasteiger partial charge in [-0.05, 0) is 44.7 Å². The Kier molecular flexibility index (Phi) is 7.89. The van der Waals surface area contributed by atoms with Crippen molar-refractivity contribution in [3.63, 3.8) is 0 Å². The molecule has 1 aliphatic heterocycles. The van der Waals surface area contributed by atoms with Gasteiger partial charge in [0.05, 0.1) is 32.0 Å². The number of aryl methyl sites for hydroxylation is 3. The number of pyridine rings is 2. The monoisotopic (exact) mass is 511 g/mol. The highest BCUT2D eigenvalue weighted by Gasteiger charge is 2.29. The summed E-state index contributed by atoms with van der Waals surface area (Å²) in [5.41, 5.74) is 3.03. The highest BCUT2D eigenvalue weighted by Crippen LogP contribution is 2.31. The van der Waals surface area contributed by atoms with E-state index in [-0.39, 0.29) is 23.4 Å². The summed E-state index contributed by atoms with van der Waals surface area (Å²) in [5, 5.41) is 7.97. The van der Waals surface area contributed by atoms with Gasteiger partial charge in [-0.15, -0.1) is 5.10 Å². The van der Waals surface area contributed by atoms with Crippen LogP contribution in [0.25, 0.3) is 11.4 Å². The average Bonchev–Trinajstić information content (AvgIpc) is 3.27. The maximum absolute atomic E-state index is 14.5. The summed E-state index contributed by atoms with van der Waals surface area (Å²) in [6.07, 6.45) is 3.53. The van der Waals surface area contributed by atoms with Gasteiger partial charge in [0, 0.05) is 43.4 Å². The predicted octanol–water partition coefficient (Wildman–Crippen LogP) is 3.51. The first-order valence-corrected chi connectivity index (χ1v) is 12.5. The number of carbonyl (C=O) groups excluding carboxylic acids is 1. The molecule has 37 heavy (non-hydrogen) atoms. The first kappa shape index (κ1) is 26.3. The van der Waals surface area contributed by atoms with Crippen LogP contribution in [-0.4, -0.2) is 68.9 Å². The van der Waals surface area contributed by atoms with Crippen LogP contribution < -0.4 is 14.8 Å². The molecule has 0 aliphatic carbocycles. The Morgan fingerprint density at radius 3 is 2.76 bits per heavy atom. The molecule has 0 saturated heterocycles. The number of methoxy groups -OCH3 is 2. The summed E-state index contributed by atoms with van der Waals surface area (Å²) in [6.45, 7) is 6.76. The van der Waals surface area contributed by atoms with Crippen LogP contribution in [-0.2, 0) is 18.3 Å². The summed E-state index contributed by atoms with van der Waals surface area (Å²) in [7, 11) is 4.81. The number of nitrogens with zero attached hydrogens (tertiary/aromatic N) is 6. The van der Waals surface area contributed by atoms with Crippen molar-refractivity contribution in [2.24, 2.45) is 7.05 Å². The van der Waals surface area contributed by atoms with Crippen molar-refractivity contribution < 1.29 is 18.7 Å². The summed E-state index contributed by atoms with van der Waals surface area (Å²) in [6, 6.07) is 4.03. The molecule has 0 radical (unpaired) electrons. The number of ether oxygens (including phenoxy) is 2. The molecule has 198 valence electrons. The van der Waals surface area contributed by atoms with E-state index < -0.39 is 11.7 Å². The molecule has 0 saturated carbocycles. The molecular formula is C26H34FN7O3. The van der Waals surface area contributed by atoms with E-state index in [9.17, 15) is 9.18 Å². The zero-order valence-corrected chi connectivity index (χ0v) is 22.2. The lowest BCUT2D eigenvalue weighted by Gasteiger charge is -2.33.